The van der Waals surface area contributed by atoms with E-state index in [0.717, 1.165) is 43.1 Å². The number of fused-ring (bicyclic) bond motifs is 1. The minimum absolute atomic E-state index is 0.0756. The lowest BCUT2D eigenvalue weighted by atomic mass is 9.79. The number of anilines is 1. The molecule has 0 saturated carbocycles. The first-order chi connectivity index (χ1) is 13.6. The van der Waals surface area contributed by atoms with Crippen molar-refractivity contribution in [3.8, 4) is 0 Å². The smallest absolute Gasteiger partial charge is 0.293 e. The predicted molar refractivity (Wildman–Crippen MR) is 124 cm³/mol. The number of hydrogen-bond donors (Lipinski definition) is 0. The van der Waals surface area contributed by atoms with Crippen molar-refractivity contribution < 1.29 is 9.59 Å². The van der Waals surface area contributed by atoms with Gasteiger partial charge < -0.3 is 4.90 Å². The zero-order valence-electron chi connectivity index (χ0n) is 18.2. The van der Waals surface area contributed by atoms with Gasteiger partial charge in [-0.25, -0.2) is 0 Å². The minimum Gasteiger partial charge on any atom is -0.366 e. The number of carbonyl (C=O) groups is 2. The van der Waals surface area contributed by atoms with E-state index in [9.17, 15) is 9.59 Å². The molecule has 0 bridgehead atoms. The zero-order chi connectivity index (χ0) is 21.5. The Balaban J connectivity index is 2.02. The number of carbonyl (C=O) groups excluding carboxylic acids is 2. The molecular formula is C23H31ClN2O2S. The Morgan fingerprint density at radius 2 is 2.00 bits per heavy atom. The molecule has 2 aliphatic rings. The number of thioether (sulfide) groups is 1. The van der Waals surface area contributed by atoms with Crippen LogP contribution in [0.3, 0.4) is 0 Å². The average molecular weight is 435 g/mol. The van der Waals surface area contributed by atoms with E-state index in [-0.39, 0.29) is 22.7 Å². The maximum Gasteiger partial charge on any atom is 0.293 e. The molecule has 0 aromatic heterocycles. The third-order valence-electron chi connectivity index (χ3n) is 6.09. The maximum absolute atomic E-state index is 12.8. The fraction of sp³-hybridized carbons (Fsp3) is 0.565. The quantitative estimate of drug-likeness (QED) is 0.484. The molecule has 2 aliphatic heterocycles. The number of amides is 2. The Bertz CT molecular complexity index is 865. The van der Waals surface area contributed by atoms with Crippen LogP contribution in [0.1, 0.15) is 77.8 Å². The maximum atomic E-state index is 12.8. The minimum atomic E-state index is -0.218. The highest BCUT2D eigenvalue weighted by molar-refractivity contribution is 8.18. The number of halogens is 1. The van der Waals surface area contributed by atoms with Crippen LogP contribution >= 0.6 is 23.4 Å². The van der Waals surface area contributed by atoms with Crippen molar-refractivity contribution in [1.82, 2.24) is 4.90 Å². The second-order valence-corrected chi connectivity index (χ2v) is 10.2. The molecule has 1 aromatic rings. The van der Waals surface area contributed by atoms with Crippen LogP contribution in [0.25, 0.3) is 6.08 Å². The molecule has 4 nitrogen and oxygen atoms in total. The highest BCUT2D eigenvalue weighted by Crippen LogP contribution is 2.46. The van der Waals surface area contributed by atoms with Crippen molar-refractivity contribution in [1.29, 1.82) is 0 Å². The molecule has 1 aromatic carbocycles. The molecular weight excluding hydrogens is 404 g/mol. The summed E-state index contributed by atoms with van der Waals surface area (Å²) >= 11 is 7.67. The van der Waals surface area contributed by atoms with Gasteiger partial charge >= 0.3 is 0 Å². The topological polar surface area (TPSA) is 40.6 Å². The Kier molecular flexibility index (Phi) is 6.40. The van der Waals surface area contributed by atoms with Gasteiger partial charge in [0.2, 0.25) is 0 Å². The van der Waals surface area contributed by atoms with Crippen molar-refractivity contribution in [2.45, 2.75) is 78.3 Å². The molecule has 3 rings (SSSR count). The fourth-order valence-electron chi connectivity index (χ4n) is 4.46. The molecule has 0 aliphatic carbocycles. The molecule has 0 spiro atoms. The first-order valence-electron chi connectivity index (χ1n) is 10.5. The summed E-state index contributed by atoms with van der Waals surface area (Å²) in [6.07, 6.45) is 4.66. The lowest BCUT2D eigenvalue weighted by Gasteiger charge is -2.47. The van der Waals surface area contributed by atoms with Crippen molar-refractivity contribution in [2.75, 3.05) is 11.4 Å². The monoisotopic (exact) mass is 434 g/mol. The largest absolute Gasteiger partial charge is 0.366 e. The molecule has 2 heterocycles. The molecule has 29 heavy (non-hydrogen) atoms. The second-order valence-electron chi connectivity index (χ2n) is 8.81. The highest BCUT2D eigenvalue weighted by Gasteiger charge is 2.39. The molecule has 158 valence electrons. The van der Waals surface area contributed by atoms with E-state index in [2.05, 4.69) is 38.7 Å². The number of nitrogens with zero attached hydrogens (tertiary/aromatic N) is 2. The summed E-state index contributed by atoms with van der Waals surface area (Å²) in [4.78, 5) is 29.4. The van der Waals surface area contributed by atoms with Gasteiger partial charge in [0, 0.05) is 28.8 Å². The van der Waals surface area contributed by atoms with E-state index < -0.39 is 0 Å². The second kappa shape index (κ2) is 8.35. The molecule has 0 radical (unpaired) electrons. The van der Waals surface area contributed by atoms with Crippen LogP contribution in [0.4, 0.5) is 10.5 Å². The molecule has 0 N–H and O–H groups in total. The van der Waals surface area contributed by atoms with Gasteiger partial charge in [0.15, 0.2) is 0 Å². The summed E-state index contributed by atoms with van der Waals surface area (Å²) in [7, 11) is 0. The van der Waals surface area contributed by atoms with E-state index in [1.54, 1.807) is 6.08 Å². The van der Waals surface area contributed by atoms with Crippen LogP contribution in [0.2, 0.25) is 5.02 Å². The van der Waals surface area contributed by atoms with E-state index in [0.29, 0.717) is 15.8 Å². The molecule has 6 heteroatoms. The Hall–Kier alpha value is -1.46. The van der Waals surface area contributed by atoms with Gasteiger partial charge in [-0.1, -0.05) is 32.4 Å². The molecule has 1 fully saturated rings. The van der Waals surface area contributed by atoms with Crippen molar-refractivity contribution in [3.63, 3.8) is 0 Å². The van der Waals surface area contributed by atoms with Crippen molar-refractivity contribution in [3.05, 3.63) is 33.2 Å². The van der Waals surface area contributed by atoms with Crippen molar-refractivity contribution >= 4 is 46.3 Å². The highest BCUT2D eigenvalue weighted by atomic mass is 35.5. The number of benzene rings is 1. The van der Waals surface area contributed by atoms with Gasteiger partial charge in [0.25, 0.3) is 11.1 Å². The molecule has 2 atom stereocenters. The van der Waals surface area contributed by atoms with Gasteiger partial charge in [-0.15, -0.1) is 0 Å². The summed E-state index contributed by atoms with van der Waals surface area (Å²) in [6.45, 7) is 13.9. The van der Waals surface area contributed by atoms with E-state index >= 15 is 0 Å². The lowest BCUT2D eigenvalue weighted by molar-refractivity contribution is -0.124. The van der Waals surface area contributed by atoms with Crippen LogP contribution in [-0.2, 0) is 4.79 Å². The predicted octanol–water partition coefficient (Wildman–Crippen LogP) is 6.68. The first kappa shape index (κ1) is 22.2. The van der Waals surface area contributed by atoms with Gasteiger partial charge in [0.05, 0.1) is 4.91 Å². The van der Waals surface area contributed by atoms with E-state index in [1.807, 2.05) is 19.9 Å². The number of hydrogen-bond acceptors (Lipinski definition) is 4. The normalized spacial score (nSPS) is 23.7. The summed E-state index contributed by atoms with van der Waals surface area (Å²) in [5.74, 6) is 0.178. The van der Waals surface area contributed by atoms with Crippen LogP contribution < -0.4 is 4.90 Å². The first-order valence-corrected chi connectivity index (χ1v) is 11.7. The summed E-state index contributed by atoms with van der Waals surface area (Å²) in [5.41, 5.74) is 3.33. The molecule has 2 amide bonds. The van der Waals surface area contributed by atoms with E-state index in [4.69, 9.17) is 11.6 Å². The average Bonchev–Trinajstić information content (AvgIpc) is 2.92. The third kappa shape index (κ3) is 4.09. The molecule has 2 unspecified atom stereocenters. The number of imide groups is 1. The van der Waals surface area contributed by atoms with Crippen LogP contribution in [0.15, 0.2) is 17.0 Å². The SMILES string of the molecule is CCCN1c2cc(Cl)c(/C=C3\SC(=O)N(C(C)CC)C3=O)cc2C(C)CC1(C)C. The fourth-order valence-corrected chi connectivity index (χ4v) is 5.60. The third-order valence-corrected chi connectivity index (χ3v) is 7.30. The Labute approximate surface area is 183 Å². The Morgan fingerprint density at radius 3 is 2.62 bits per heavy atom. The summed E-state index contributed by atoms with van der Waals surface area (Å²) in [6, 6.07) is 4.05. The van der Waals surface area contributed by atoms with E-state index in [1.165, 1.54) is 16.2 Å². The van der Waals surface area contributed by atoms with Crippen LogP contribution in [-0.4, -0.2) is 34.2 Å². The van der Waals surface area contributed by atoms with Gasteiger partial charge in [-0.05, 0) is 87.0 Å². The summed E-state index contributed by atoms with van der Waals surface area (Å²) in [5, 5.41) is 0.416. The van der Waals surface area contributed by atoms with Gasteiger partial charge in [-0.2, -0.15) is 0 Å². The standard InChI is InChI=1S/C23H31ClN2O2S/c1-7-9-25-19-12-18(24)16(10-17(19)14(3)13-23(25,5)6)11-20-21(27)26(15(4)8-2)22(28)29-20/h10-12,14-15H,7-9,13H2,1-6H3/b20-11-. The Morgan fingerprint density at radius 1 is 1.31 bits per heavy atom. The van der Waals surface area contributed by atoms with Gasteiger partial charge in [0.1, 0.15) is 0 Å². The van der Waals surface area contributed by atoms with Crippen LogP contribution in [0, 0.1) is 0 Å². The lowest BCUT2D eigenvalue weighted by Crippen LogP contribution is -2.48. The summed E-state index contributed by atoms with van der Waals surface area (Å²) < 4.78 is 0. The zero-order valence-corrected chi connectivity index (χ0v) is 19.8. The molecule has 1 saturated heterocycles. The van der Waals surface area contributed by atoms with Crippen molar-refractivity contribution in [2.24, 2.45) is 0 Å². The van der Waals surface area contributed by atoms with Gasteiger partial charge in [-0.3, -0.25) is 14.5 Å². The number of rotatable bonds is 5. The van der Waals surface area contributed by atoms with Crippen LogP contribution in [0.5, 0.6) is 0 Å².